The zero-order valence-electron chi connectivity index (χ0n) is 14.3. The van der Waals surface area contributed by atoms with Crippen molar-refractivity contribution in [1.82, 2.24) is 0 Å². The standard InChI is InChI=1S/C16H25N2O.C2H6/c1-5-8-13-18(6-2)14-17(4)15-9-11-16(12-10-15)19-7-3;1-2/h6,9-12,14H,2,5,7-8,13H2,1,3-4H3;1-2H3/q+1;. The summed E-state index contributed by atoms with van der Waals surface area (Å²) in [6.45, 7) is 13.7. The van der Waals surface area contributed by atoms with Crippen LogP contribution in [0.5, 0.6) is 5.75 Å². The van der Waals surface area contributed by atoms with Gasteiger partial charge in [-0.1, -0.05) is 33.8 Å². The van der Waals surface area contributed by atoms with E-state index in [1.807, 2.05) is 46.2 Å². The van der Waals surface area contributed by atoms with Crippen molar-refractivity contribution in [2.24, 2.45) is 0 Å². The SMILES string of the molecule is C=C[N+](=CN(C)c1ccc(OCC)cc1)CCCC.CC. The smallest absolute Gasteiger partial charge is 0.243 e. The van der Waals surface area contributed by atoms with Crippen LogP contribution in [0.25, 0.3) is 0 Å². The highest BCUT2D eigenvalue weighted by Gasteiger charge is 2.06. The fraction of sp³-hybridized carbons (Fsp3) is 0.500. The summed E-state index contributed by atoms with van der Waals surface area (Å²) in [4.78, 5) is 2.09. The zero-order valence-corrected chi connectivity index (χ0v) is 14.3. The van der Waals surface area contributed by atoms with E-state index in [1.165, 1.54) is 12.8 Å². The summed E-state index contributed by atoms with van der Waals surface area (Å²) >= 11 is 0. The highest BCUT2D eigenvalue weighted by atomic mass is 16.5. The molecule has 0 amide bonds. The molecular weight excluding hydrogens is 260 g/mol. The van der Waals surface area contributed by atoms with Gasteiger partial charge in [0.05, 0.1) is 26.4 Å². The van der Waals surface area contributed by atoms with Crippen molar-refractivity contribution in [3.05, 3.63) is 37.0 Å². The quantitative estimate of drug-likeness (QED) is 0.397. The predicted octanol–water partition coefficient (Wildman–Crippen LogP) is 4.53. The Labute approximate surface area is 130 Å². The molecule has 1 rings (SSSR count). The van der Waals surface area contributed by atoms with E-state index >= 15 is 0 Å². The van der Waals surface area contributed by atoms with Crippen LogP contribution < -0.4 is 9.64 Å². The Morgan fingerprint density at radius 1 is 1.19 bits per heavy atom. The monoisotopic (exact) mass is 291 g/mol. The van der Waals surface area contributed by atoms with Crippen molar-refractivity contribution >= 4 is 12.0 Å². The van der Waals surface area contributed by atoms with Crippen LogP contribution in [-0.2, 0) is 0 Å². The molecule has 1 aromatic carbocycles. The number of ether oxygens (including phenoxy) is 1. The molecule has 0 N–H and O–H groups in total. The van der Waals surface area contributed by atoms with E-state index in [4.69, 9.17) is 4.74 Å². The Balaban J connectivity index is 0.00000191. The third kappa shape index (κ3) is 7.54. The van der Waals surface area contributed by atoms with Crippen LogP contribution in [0.4, 0.5) is 5.69 Å². The fourth-order valence-electron chi connectivity index (χ4n) is 1.77. The first-order chi connectivity index (χ1) is 10.2. The van der Waals surface area contributed by atoms with Crippen LogP contribution in [0.1, 0.15) is 40.5 Å². The molecule has 0 saturated heterocycles. The van der Waals surface area contributed by atoms with E-state index in [-0.39, 0.29) is 0 Å². The summed E-state index contributed by atoms with van der Waals surface area (Å²) in [5.41, 5.74) is 1.13. The molecule has 0 heterocycles. The zero-order chi connectivity index (χ0) is 16.1. The molecule has 0 aliphatic rings. The Hall–Kier alpha value is -1.77. The molecule has 3 nitrogen and oxygen atoms in total. The van der Waals surface area contributed by atoms with Gasteiger partial charge in [-0.05, 0) is 37.6 Å². The van der Waals surface area contributed by atoms with E-state index < -0.39 is 0 Å². The van der Waals surface area contributed by atoms with E-state index in [0.717, 1.165) is 18.0 Å². The highest BCUT2D eigenvalue weighted by molar-refractivity contribution is 5.75. The van der Waals surface area contributed by atoms with Gasteiger partial charge >= 0.3 is 0 Å². The average Bonchev–Trinajstić information content (AvgIpc) is 2.54. The van der Waals surface area contributed by atoms with Crippen LogP contribution in [0.15, 0.2) is 37.0 Å². The van der Waals surface area contributed by atoms with Crippen molar-refractivity contribution in [2.75, 3.05) is 25.1 Å². The first kappa shape index (κ1) is 19.2. The van der Waals surface area contributed by atoms with Gasteiger partial charge in [0, 0.05) is 0 Å². The molecule has 1 aromatic rings. The summed E-state index contributed by atoms with van der Waals surface area (Å²) in [5, 5.41) is 0. The molecule has 0 saturated carbocycles. The first-order valence-corrected chi connectivity index (χ1v) is 7.90. The van der Waals surface area contributed by atoms with Gasteiger partial charge < -0.3 is 4.74 Å². The molecule has 21 heavy (non-hydrogen) atoms. The van der Waals surface area contributed by atoms with Crippen molar-refractivity contribution in [1.29, 1.82) is 0 Å². The normalized spacial score (nSPS) is 10.4. The summed E-state index contributed by atoms with van der Waals surface area (Å²) in [6, 6.07) is 8.10. The number of nitrogens with zero attached hydrogens (tertiary/aromatic N) is 2. The number of unbranched alkanes of at least 4 members (excludes halogenated alkanes) is 1. The predicted molar refractivity (Wildman–Crippen MR) is 93.7 cm³/mol. The van der Waals surface area contributed by atoms with E-state index in [9.17, 15) is 0 Å². The molecule has 0 aliphatic carbocycles. The number of rotatable bonds is 8. The number of anilines is 1. The van der Waals surface area contributed by atoms with Gasteiger partial charge in [-0.3, -0.25) is 0 Å². The molecule has 0 aromatic heterocycles. The molecule has 0 aliphatic heterocycles. The summed E-state index contributed by atoms with van der Waals surface area (Å²) in [6.07, 6.45) is 6.28. The largest absolute Gasteiger partial charge is 0.494 e. The summed E-state index contributed by atoms with van der Waals surface area (Å²) < 4.78 is 7.55. The molecule has 0 unspecified atom stereocenters. The topological polar surface area (TPSA) is 15.5 Å². The maximum absolute atomic E-state index is 5.44. The Kier molecular flexibility index (Phi) is 11.0. The molecule has 3 heteroatoms. The second-order valence-corrected chi connectivity index (χ2v) is 4.43. The van der Waals surface area contributed by atoms with Crippen molar-refractivity contribution in [2.45, 2.75) is 40.5 Å². The summed E-state index contributed by atoms with van der Waals surface area (Å²) in [5.74, 6) is 0.909. The van der Waals surface area contributed by atoms with Crippen molar-refractivity contribution in [3.63, 3.8) is 0 Å². The van der Waals surface area contributed by atoms with E-state index in [2.05, 4.69) is 41.4 Å². The summed E-state index contributed by atoms with van der Waals surface area (Å²) in [7, 11) is 2.04. The molecule has 0 bridgehead atoms. The Morgan fingerprint density at radius 2 is 1.81 bits per heavy atom. The van der Waals surface area contributed by atoms with Crippen LogP contribution in [0.3, 0.4) is 0 Å². The molecule has 0 atom stereocenters. The minimum atomic E-state index is 0.697. The maximum atomic E-state index is 5.44. The number of benzene rings is 1. The van der Waals surface area contributed by atoms with Crippen LogP contribution in [0.2, 0.25) is 0 Å². The molecule has 0 fully saturated rings. The Bertz CT molecular complexity index is 410. The second-order valence-electron chi connectivity index (χ2n) is 4.43. The van der Waals surface area contributed by atoms with Crippen molar-refractivity contribution in [3.8, 4) is 5.75 Å². The average molecular weight is 291 g/mol. The number of hydrogen-bond acceptors (Lipinski definition) is 1. The molecular formula is C18H31N2O+. The molecule has 0 spiro atoms. The Morgan fingerprint density at radius 3 is 2.29 bits per heavy atom. The molecule has 118 valence electrons. The van der Waals surface area contributed by atoms with Crippen LogP contribution in [0, 0.1) is 0 Å². The highest BCUT2D eigenvalue weighted by Crippen LogP contribution is 2.17. The van der Waals surface area contributed by atoms with Crippen LogP contribution in [-0.4, -0.2) is 31.1 Å². The lowest BCUT2D eigenvalue weighted by atomic mass is 10.3. The van der Waals surface area contributed by atoms with Gasteiger partial charge in [0.25, 0.3) is 0 Å². The second kappa shape index (κ2) is 12.0. The minimum absolute atomic E-state index is 0.697. The van der Waals surface area contributed by atoms with Gasteiger partial charge in [-0.25, -0.2) is 9.48 Å². The lowest BCUT2D eigenvalue weighted by Gasteiger charge is -2.10. The van der Waals surface area contributed by atoms with Crippen molar-refractivity contribution < 1.29 is 9.31 Å². The molecule has 0 radical (unpaired) electrons. The van der Waals surface area contributed by atoms with E-state index in [1.54, 1.807) is 0 Å². The van der Waals surface area contributed by atoms with Gasteiger partial charge in [0.1, 0.15) is 11.4 Å². The van der Waals surface area contributed by atoms with E-state index in [0.29, 0.717) is 6.61 Å². The lowest BCUT2D eigenvalue weighted by molar-refractivity contribution is -0.453. The lowest BCUT2D eigenvalue weighted by Crippen LogP contribution is -2.22. The van der Waals surface area contributed by atoms with Gasteiger partial charge in [0.15, 0.2) is 0 Å². The van der Waals surface area contributed by atoms with Gasteiger partial charge in [-0.2, -0.15) is 0 Å². The first-order valence-electron chi connectivity index (χ1n) is 7.90. The third-order valence-electron chi connectivity index (χ3n) is 2.88. The van der Waals surface area contributed by atoms with Crippen LogP contribution >= 0.6 is 0 Å². The fourth-order valence-corrected chi connectivity index (χ4v) is 1.77. The van der Waals surface area contributed by atoms with Gasteiger partial charge in [-0.15, -0.1) is 0 Å². The third-order valence-corrected chi connectivity index (χ3v) is 2.88. The number of hydrogen-bond donors (Lipinski definition) is 0. The maximum Gasteiger partial charge on any atom is 0.243 e. The minimum Gasteiger partial charge on any atom is -0.494 e. The van der Waals surface area contributed by atoms with Gasteiger partial charge in [0.2, 0.25) is 6.34 Å².